The highest BCUT2D eigenvalue weighted by atomic mass is 35.5. The van der Waals surface area contributed by atoms with E-state index in [9.17, 15) is 0 Å². The summed E-state index contributed by atoms with van der Waals surface area (Å²) in [6.07, 6.45) is 3.35. The standard InChI is InChI=1S/C10H15ClN2O/c1-8(7-14)4-13-5-9-2-3-12-6-10(9)11/h2-3,6,8,13-14H,4-5,7H2,1H3. The summed E-state index contributed by atoms with van der Waals surface area (Å²) in [5.74, 6) is 0.274. The van der Waals surface area contributed by atoms with E-state index >= 15 is 0 Å². The largest absolute Gasteiger partial charge is 0.396 e. The summed E-state index contributed by atoms with van der Waals surface area (Å²) in [6, 6.07) is 1.89. The molecule has 0 saturated heterocycles. The van der Waals surface area contributed by atoms with Gasteiger partial charge < -0.3 is 10.4 Å². The molecule has 0 radical (unpaired) electrons. The SMILES string of the molecule is CC(CO)CNCc1ccncc1Cl. The molecule has 3 nitrogen and oxygen atoms in total. The van der Waals surface area contributed by atoms with Crippen LogP contribution in [0, 0.1) is 5.92 Å². The van der Waals surface area contributed by atoms with Crippen LogP contribution in [-0.2, 0) is 6.54 Å². The normalized spacial score (nSPS) is 12.8. The lowest BCUT2D eigenvalue weighted by Crippen LogP contribution is -2.22. The molecule has 14 heavy (non-hydrogen) atoms. The van der Waals surface area contributed by atoms with E-state index in [1.807, 2.05) is 13.0 Å². The van der Waals surface area contributed by atoms with E-state index in [4.69, 9.17) is 16.7 Å². The number of nitrogens with zero attached hydrogens (tertiary/aromatic N) is 1. The van der Waals surface area contributed by atoms with Crippen molar-refractivity contribution in [2.24, 2.45) is 5.92 Å². The van der Waals surface area contributed by atoms with Crippen LogP contribution in [0.3, 0.4) is 0 Å². The fourth-order valence-corrected chi connectivity index (χ4v) is 1.25. The van der Waals surface area contributed by atoms with Gasteiger partial charge >= 0.3 is 0 Å². The maximum absolute atomic E-state index is 8.81. The molecule has 0 aliphatic heterocycles. The van der Waals surface area contributed by atoms with Gasteiger partial charge in [0.05, 0.1) is 5.02 Å². The number of nitrogens with one attached hydrogen (secondary N) is 1. The predicted octanol–water partition coefficient (Wildman–Crippen LogP) is 1.45. The van der Waals surface area contributed by atoms with Gasteiger partial charge in [0.1, 0.15) is 0 Å². The van der Waals surface area contributed by atoms with Crippen LogP contribution in [0.1, 0.15) is 12.5 Å². The summed E-state index contributed by atoms with van der Waals surface area (Å²) in [5.41, 5.74) is 1.03. The van der Waals surface area contributed by atoms with Crippen molar-refractivity contribution in [2.75, 3.05) is 13.2 Å². The van der Waals surface area contributed by atoms with E-state index in [1.54, 1.807) is 12.4 Å². The first-order valence-electron chi connectivity index (χ1n) is 4.64. The van der Waals surface area contributed by atoms with Gasteiger partial charge in [-0.25, -0.2) is 0 Å². The van der Waals surface area contributed by atoms with E-state index in [-0.39, 0.29) is 12.5 Å². The minimum Gasteiger partial charge on any atom is -0.396 e. The van der Waals surface area contributed by atoms with Gasteiger partial charge in [-0.15, -0.1) is 0 Å². The Balaban J connectivity index is 2.35. The molecule has 0 aromatic carbocycles. The third-order valence-corrected chi connectivity index (χ3v) is 2.32. The quantitative estimate of drug-likeness (QED) is 0.780. The molecule has 0 amide bonds. The number of aromatic nitrogens is 1. The lowest BCUT2D eigenvalue weighted by atomic mass is 10.2. The van der Waals surface area contributed by atoms with Crippen LogP contribution in [0.5, 0.6) is 0 Å². The Kier molecular flexibility index (Phi) is 4.87. The molecule has 0 bridgehead atoms. The Morgan fingerprint density at radius 3 is 3.07 bits per heavy atom. The Morgan fingerprint density at radius 1 is 1.64 bits per heavy atom. The number of hydrogen-bond donors (Lipinski definition) is 2. The molecule has 0 aliphatic carbocycles. The van der Waals surface area contributed by atoms with E-state index in [2.05, 4.69) is 10.3 Å². The summed E-state index contributed by atoms with van der Waals surface area (Å²) in [7, 11) is 0. The number of pyridine rings is 1. The lowest BCUT2D eigenvalue weighted by molar-refractivity contribution is 0.233. The molecule has 0 saturated carbocycles. The molecular formula is C10H15ClN2O. The second kappa shape index (κ2) is 5.96. The second-order valence-electron chi connectivity index (χ2n) is 3.39. The van der Waals surface area contributed by atoms with Crippen LogP contribution >= 0.6 is 11.6 Å². The van der Waals surface area contributed by atoms with Gasteiger partial charge in [-0.2, -0.15) is 0 Å². The van der Waals surface area contributed by atoms with Crippen molar-refractivity contribution in [3.8, 4) is 0 Å². The monoisotopic (exact) mass is 214 g/mol. The summed E-state index contributed by atoms with van der Waals surface area (Å²) in [6.45, 7) is 3.69. The Hall–Kier alpha value is -0.640. The molecular weight excluding hydrogens is 200 g/mol. The van der Waals surface area contributed by atoms with Gasteiger partial charge in [-0.1, -0.05) is 18.5 Å². The minimum atomic E-state index is 0.205. The zero-order chi connectivity index (χ0) is 10.4. The first kappa shape index (κ1) is 11.4. The third kappa shape index (κ3) is 3.62. The Bertz CT molecular complexity index is 281. The first-order valence-corrected chi connectivity index (χ1v) is 5.01. The molecule has 2 N–H and O–H groups in total. The van der Waals surface area contributed by atoms with Crippen molar-refractivity contribution in [3.63, 3.8) is 0 Å². The van der Waals surface area contributed by atoms with Gasteiger partial charge in [0.15, 0.2) is 0 Å². The molecule has 1 atom stereocenters. The van der Waals surface area contributed by atoms with Crippen molar-refractivity contribution in [3.05, 3.63) is 29.0 Å². The van der Waals surface area contributed by atoms with Gasteiger partial charge in [-0.3, -0.25) is 4.98 Å². The molecule has 0 spiro atoms. The smallest absolute Gasteiger partial charge is 0.0634 e. The van der Waals surface area contributed by atoms with Crippen molar-refractivity contribution in [1.82, 2.24) is 10.3 Å². The molecule has 1 aromatic heterocycles. The summed E-state index contributed by atoms with van der Waals surface area (Å²) in [5, 5.41) is 12.7. The molecule has 1 aromatic rings. The van der Waals surface area contributed by atoms with Gasteiger partial charge in [0.25, 0.3) is 0 Å². The van der Waals surface area contributed by atoms with Crippen LogP contribution in [0.2, 0.25) is 5.02 Å². The topological polar surface area (TPSA) is 45.1 Å². The van der Waals surface area contributed by atoms with Gasteiger partial charge in [0.2, 0.25) is 0 Å². The maximum Gasteiger partial charge on any atom is 0.0634 e. The summed E-state index contributed by atoms with van der Waals surface area (Å²) < 4.78 is 0. The molecule has 1 heterocycles. The van der Waals surface area contributed by atoms with E-state index < -0.39 is 0 Å². The van der Waals surface area contributed by atoms with Crippen molar-refractivity contribution >= 4 is 11.6 Å². The highest BCUT2D eigenvalue weighted by molar-refractivity contribution is 6.31. The third-order valence-electron chi connectivity index (χ3n) is 1.98. The molecule has 78 valence electrons. The van der Waals surface area contributed by atoms with E-state index in [0.29, 0.717) is 11.6 Å². The Morgan fingerprint density at radius 2 is 2.43 bits per heavy atom. The number of rotatable bonds is 5. The number of hydrogen-bond acceptors (Lipinski definition) is 3. The second-order valence-corrected chi connectivity index (χ2v) is 3.79. The molecule has 0 fully saturated rings. The zero-order valence-corrected chi connectivity index (χ0v) is 8.96. The maximum atomic E-state index is 8.81. The van der Waals surface area contributed by atoms with Crippen LogP contribution in [0.25, 0.3) is 0 Å². The highest BCUT2D eigenvalue weighted by Crippen LogP contribution is 2.12. The first-order chi connectivity index (χ1) is 6.74. The van der Waals surface area contributed by atoms with E-state index in [0.717, 1.165) is 12.1 Å². The fraction of sp³-hybridized carbons (Fsp3) is 0.500. The molecule has 1 rings (SSSR count). The van der Waals surface area contributed by atoms with Crippen molar-refractivity contribution in [1.29, 1.82) is 0 Å². The summed E-state index contributed by atoms with van der Waals surface area (Å²) in [4.78, 5) is 3.90. The minimum absolute atomic E-state index is 0.205. The average Bonchev–Trinajstić information content (AvgIpc) is 2.20. The fourth-order valence-electron chi connectivity index (χ4n) is 1.07. The van der Waals surface area contributed by atoms with Gasteiger partial charge in [0, 0.05) is 32.1 Å². The van der Waals surface area contributed by atoms with Crippen LogP contribution < -0.4 is 5.32 Å². The van der Waals surface area contributed by atoms with Crippen LogP contribution in [-0.4, -0.2) is 23.2 Å². The van der Waals surface area contributed by atoms with E-state index in [1.165, 1.54) is 0 Å². The average molecular weight is 215 g/mol. The number of aliphatic hydroxyl groups excluding tert-OH is 1. The molecule has 4 heteroatoms. The lowest BCUT2D eigenvalue weighted by Gasteiger charge is -2.09. The predicted molar refractivity (Wildman–Crippen MR) is 57.2 cm³/mol. The van der Waals surface area contributed by atoms with Crippen molar-refractivity contribution < 1.29 is 5.11 Å². The zero-order valence-electron chi connectivity index (χ0n) is 8.20. The highest BCUT2D eigenvalue weighted by Gasteiger charge is 2.01. The summed E-state index contributed by atoms with van der Waals surface area (Å²) >= 11 is 5.92. The van der Waals surface area contributed by atoms with Crippen LogP contribution in [0.4, 0.5) is 0 Å². The van der Waals surface area contributed by atoms with Crippen molar-refractivity contribution in [2.45, 2.75) is 13.5 Å². The number of halogens is 1. The Labute approximate surface area is 89.1 Å². The molecule has 1 unspecified atom stereocenters. The number of aliphatic hydroxyl groups is 1. The van der Waals surface area contributed by atoms with Gasteiger partial charge in [-0.05, 0) is 17.5 Å². The van der Waals surface area contributed by atoms with Crippen LogP contribution in [0.15, 0.2) is 18.5 Å². The molecule has 0 aliphatic rings.